The van der Waals surface area contributed by atoms with E-state index in [9.17, 15) is 14.4 Å². The van der Waals surface area contributed by atoms with Crippen molar-refractivity contribution in [3.63, 3.8) is 0 Å². The number of carbonyl (C=O) groups excluding carboxylic acids is 2. The standard InChI is InChI=1S/C25H21N3O5S/c1-4-33-24(31)18-13(2)26-25-28(20(18)15-10-6-8-12-17(15)32-3)23(30)21(34-25)19-14-9-5-7-11-16(14)27-22(19)29/h5-12,20H,4H2,1-3H3,(H,27,29)/t20-/m0/s1. The van der Waals surface area contributed by atoms with Gasteiger partial charge in [0.15, 0.2) is 4.80 Å². The highest BCUT2D eigenvalue weighted by Gasteiger charge is 2.36. The van der Waals surface area contributed by atoms with E-state index in [1.165, 1.54) is 11.7 Å². The molecule has 0 aliphatic carbocycles. The number of hydrogen-bond donors (Lipinski definition) is 1. The Hall–Kier alpha value is -3.98. The van der Waals surface area contributed by atoms with Crippen LogP contribution in [0, 0.1) is 0 Å². The Morgan fingerprint density at radius 1 is 1.15 bits per heavy atom. The van der Waals surface area contributed by atoms with Gasteiger partial charge < -0.3 is 14.8 Å². The summed E-state index contributed by atoms with van der Waals surface area (Å²) in [6.45, 7) is 3.62. The summed E-state index contributed by atoms with van der Waals surface area (Å²) in [5, 5.41) is 2.81. The van der Waals surface area contributed by atoms with Crippen LogP contribution in [0.15, 0.2) is 69.6 Å². The van der Waals surface area contributed by atoms with E-state index in [0.29, 0.717) is 38.6 Å². The summed E-state index contributed by atoms with van der Waals surface area (Å²) in [6, 6.07) is 13.6. The Kier molecular flexibility index (Phi) is 5.41. The molecule has 0 unspecified atom stereocenters. The highest BCUT2D eigenvalue weighted by atomic mass is 32.1. The smallest absolute Gasteiger partial charge is 0.338 e. The van der Waals surface area contributed by atoms with Gasteiger partial charge in [0.25, 0.3) is 11.5 Å². The van der Waals surface area contributed by atoms with Gasteiger partial charge in [0.05, 0.1) is 30.6 Å². The first kappa shape index (κ1) is 21.8. The summed E-state index contributed by atoms with van der Waals surface area (Å²) in [5.74, 6) is -0.380. The van der Waals surface area contributed by atoms with Gasteiger partial charge in [0.2, 0.25) is 0 Å². The zero-order valence-corrected chi connectivity index (χ0v) is 19.6. The highest BCUT2D eigenvalue weighted by Crippen LogP contribution is 2.36. The molecular formula is C25H21N3O5S. The summed E-state index contributed by atoms with van der Waals surface area (Å²) in [6.07, 6.45) is 0. The number of allylic oxidation sites excluding steroid dienone is 1. The van der Waals surface area contributed by atoms with E-state index >= 15 is 0 Å². The lowest BCUT2D eigenvalue weighted by molar-refractivity contribution is -0.139. The van der Waals surface area contributed by atoms with Gasteiger partial charge in [0.1, 0.15) is 16.3 Å². The highest BCUT2D eigenvalue weighted by molar-refractivity contribution is 7.07. The predicted octanol–water partition coefficient (Wildman–Crippen LogP) is 2.13. The second kappa shape index (κ2) is 8.42. The number of methoxy groups -OCH3 is 1. The molecule has 0 bridgehead atoms. The molecule has 172 valence electrons. The third kappa shape index (κ3) is 3.28. The maximum atomic E-state index is 13.9. The summed E-state index contributed by atoms with van der Waals surface area (Å²) in [5.41, 5.74) is 2.53. The maximum Gasteiger partial charge on any atom is 0.338 e. The molecule has 5 rings (SSSR count). The largest absolute Gasteiger partial charge is 0.496 e. The van der Waals surface area contributed by atoms with Crippen LogP contribution in [0.3, 0.4) is 0 Å². The van der Waals surface area contributed by atoms with Crippen LogP contribution in [0.5, 0.6) is 5.75 Å². The number of rotatable bonds is 4. The molecule has 2 aromatic carbocycles. The van der Waals surface area contributed by atoms with Gasteiger partial charge >= 0.3 is 5.97 Å². The van der Waals surface area contributed by atoms with Crippen LogP contribution in [0.2, 0.25) is 0 Å². The molecule has 0 saturated heterocycles. The lowest BCUT2D eigenvalue weighted by atomic mass is 9.95. The number of amides is 1. The average molecular weight is 476 g/mol. The van der Waals surface area contributed by atoms with Crippen LogP contribution in [0.1, 0.15) is 31.0 Å². The number of ether oxygens (including phenoxy) is 2. The number of nitrogens with one attached hydrogen (secondary N) is 1. The molecule has 8 nitrogen and oxygen atoms in total. The fraction of sp³-hybridized carbons (Fsp3) is 0.200. The molecule has 0 spiro atoms. The number of benzene rings is 2. The molecule has 1 atom stereocenters. The number of thiazole rings is 1. The molecule has 0 saturated carbocycles. The molecule has 3 heterocycles. The maximum absolute atomic E-state index is 13.9. The Labute approximate surface area is 198 Å². The topological polar surface area (TPSA) is 99.0 Å². The first-order valence-corrected chi connectivity index (χ1v) is 11.5. The molecule has 1 amide bonds. The normalized spacial score (nSPS) is 18.1. The molecule has 0 radical (unpaired) electrons. The van der Waals surface area contributed by atoms with Crippen LogP contribution >= 0.6 is 11.3 Å². The van der Waals surface area contributed by atoms with Crippen LogP contribution < -0.4 is 24.9 Å². The van der Waals surface area contributed by atoms with Crippen molar-refractivity contribution in [3.8, 4) is 5.75 Å². The number of esters is 1. The van der Waals surface area contributed by atoms with E-state index in [2.05, 4.69) is 10.3 Å². The number of para-hydroxylation sites is 2. The van der Waals surface area contributed by atoms with Crippen LogP contribution in [-0.2, 0) is 14.3 Å². The van der Waals surface area contributed by atoms with Gasteiger partial charge in [-0.3, -0.25) is 14.2 Å². The molecule has 3 aromatic rings. The van der Waals surface area contributed by atoms with Crippen molar-refractivity contribution in [2.75, 3.05) is 19.0 Å². The van der Waals surface area contributed by atoms with Gasteiger partial charge in [-0.2, -0.15) is 0 Å². The van der Waals surface area contributed by atoms with E-state index in [4.69, 9.17) is 9.47 Å². The first-order chi connectivity index (χ1) is 16.5. The van der Waals surface area contributed by atoms with Crippen LogP contribution in [-0.4, -0.2) is 30.2 Å². The number of nitrogens with zero attached hydrogens (tertiary/aromatic N) is 2. The number of hydrogen-bond acceptors (Lipinski definition) is 7. The van der Waals surface area contributed by atoms with Crippen molar-refractivity contribution in [1.82, 2.24) is 4.57 Å². The number of carbonyl (C=O) groups is 2. The molecule has 2 aliphatic rings. The first-order valence-electron chi connectivity index (χ1n) is 10.7. The summed E-state index contributed by atoms with van der Waals surface area (Å²) < 4.78 is 12.6. The Morgan fingerprint density at radius 3 is 2.65 bits per heavy atom. The zero-order valence-electron chi connectivity index (χ0n) is 18.7. The van der Waals surface area contributed by atoms with E-state index in [-0.39, 0.29) is 22.6 Å². The third-order valence-electron chi connectivity index (χ3n) is 5.82. The van der Waals surface area contributed by atoms with Gasteiger partial charge in [-0.1, -0.05) is 47.7 Å². The second-order valence-corrected chi connectivity index (χ2v) is 8.72. The molecule has 9 heteroatoms. The predicted molar refractivity (Wildman–Crippen MR) is 127 cm³/mol. The molecule has 1 N–H and O–H groups in total. The molecule has 0 fully saturated rings. The fourth-order valence-electron chi connectivity index (χ4n) is 4.37. The molecular weight excluding hydrogens is 454 g/mol. The van der Waals surface area contributed by atoms with E-state index in [1.54, 1.807) is 38.1 Å². The second-order valence-electron chi connectivity index (χ2n) is 7.74. The fourth-order valence-corrected chi connectivity index (χ4v) is 5.51. The Morgan fingerprint density at radius 2 is 1.88 bits per heavy atom. The van der Waals surface area contributed by atoms with Gasteiger partial charge in [0, 0.05) is 16.8 Å². The van der Waals surface area contributed by atoms with Crippen molar-refractivity contribution >= 4 is 34.5 Å². The van der Waals surface area contributed by atoms with Crippen molar-refractivity contribution in [1.29, 1.82) is 0 Å². The number of anilines is 1. The summed E-state index contributed by atoms with van der Waals surface area (Å²) in [4.78, 5) is 44.7. The zero-order chi connectivity index (χ0) is 24.0. The van der Waals surface area contributed by atoms with Gasteiger partial charge in [-0.25, -0.2) is 9.79 Å². The minimum Gasteiger partial charge on any atom is -0.496 e. The van der Waals surface area contributed by atoms with E-state index in [0.717, 1.165) is 11.3 Å². The summed E-state index contributed by atoms with van der Waals surface area (Å²) in [7, 11) is 1.53. The number of aromatic nitrogens is 1. The summed E-state index contributed by atoms with van der Waals surface area (Å²) >= 11 is 1.13. The SMILES string of the molecule is CCOC(=O)C1=C(C)N=c2sc(=C3C(=O)Nc4ccccc43)c(=O)n2[C@H]1c1ccccc1OC. The number of fused-ring (bicyclic) bond motifs is 2. The van der Waals surface area contributed by atoms with Crippen LogP contribution in [0.25, 0.3) is 5.57 Å². The van der Waals surface area contributed by atoms with E-state index < -0.39 is 17.6 Å². The average Bonchev–Trinajstić information content (AvgIpc) is 3.33. The lowest BCUT2D eigenvalue weighted by Crippen LogP contribution is -2.40. The van der Waals surface area contributed by atoms with E-state index in [1.807, 2.05) is 24.3 Å². The van der Waals surface area contributed by atoms with Gasteiger partial charge in [-0.15, -0.1) is 0 Å². The Bertz CT molecular complexity index is 1560. The van der Waals surface area contributed by atoms with Gasteiger partial charge in [-0.05, 0) is 26.0 Å². The van der Waals surface area contributed by atoms with Crippen molar-refractivity contribution < 1.29 is 19.1 Å². The van der Waals surface area contributed by atoms with Crippen LogP contribution in [0.4, 0.5) is 5.69 Å². The molecule has 1 aromatic heterocycles. The minimum absolute atomic E-state index is 0.180. The molecule has 34 heavy (non-hydrogen) atoms. The monoisotopic (exact) mass is 475 g/mol. The lowest BCUT2D eigenvalue weighted by Gasteiger charge is -2.25. The third-order valence-corrected chi connectivity index (χ3v) is 6.88. The molecule has 2 aliphatic heterocycles. The van der Waals surface area contributed by atoms with Crippen molar-refractivity contribution in [2.24, 2.45) is 4.99 Å². The minimum atomic E-state index is -0.819. The Balaban J connectivity index is 1.85. The quantitative estimate of drug-likeness (QED) is 0.583. The van der Waals surface area contributed by atoms with Crippen molar-refractivity contribution in [3.05, 3.63) is 90.6 Å². The van der Waals surface area contributed by atoms with Crippen molar-refractivity contribution in [2.45, 2.75) is 19.9 Å².